The van der Waals surface area contributed by atoms with Gasteiger partial charge >= 0.3 is 12.1 Å². The van der Waals surface area contributed by atoms with Gasteiger partial charge in [0, 0.05) is 12.3 Å². The van der Waals surface area contributed by atoms with E-state index in [0.29, 0.717) is 23.4 Å². The van der Waals surface area contributed by atoms with Crippen molar-refractivity contribution in [3.8, 4) is 23.1 Å². The molecule has 1 unspecified atom stereocenters. The van der Waals surface area contributed by atoms with Crippen LogP contribution in [0, 0.1) is 0 Å². The number of nitrogens with zero attached hydrogens (tertiary/aromatic N) is 1. The molecule has 0 aliphatic carbocycles. The first-order chi connectivity index (χ1) is 13.8. The highest BCUT2D eigenvalue weighted by Gasteiger charge is 2.30. The Hall–Kier alpha value is -3.55. The maximum absolute atomic E-state index is 12.5. The van der Waals surface area contributed by atoms with Gasteiger partial charge < -0.3 is 14.2 Å². The number of para-hydroxylation sites is 1. The molecule has 0 aliphatic rings. The van der Waals surface area contributed by atoms with Crippen LogP contribution in [0.5, 0.6) is 23.1 Å². The largest absolute Gasteiger partial charge is 0.479 e. The molecule has 3 aromatic rings. The second-order valence-electron chi connectivity index (χ2n) is 5.95. The number of aromatic nitrogens is 1. The Morgan fingerprint density at radius 3 is 2.14 bits per heavy atom. The van der Waals surface area contributed by atoms with Crippen LogP contribution in [0.3, 0.4) is 0 Å². The van der Waals surface area contributed by atoms with Gasteiger partial charge in [-0.2, -0.15) is 13.2 Å². The molecule has 2 aromatic carbocycles. The molecule has 0 amide bonds. The molecular formula is C21H16F3NO4. The highest BCUT2D eigenvalue weighted by atomic mass is 19.4. The Morgan fingerprint density at radius 1 is 0.897 bits per heavy atom. The summed E-state index contributed by atoms with van der Waals surface area (Å²) < 4.78 is 53.8. The van der Waals surface area contributed by atoms with Crippen LogP contribution in [-0.4, -0.2) is 17.1 Å². The molecule has 5 nitrogen and oxygen atoms in total. The predicted octanol–water partition coefficient (Wildman–Crippen LogP) is 5.27. The number of pyridine rings is 1. The van der Waals surface area contributed by atoms with Crippen LogP contribution >= 0.6 is 0 Å². The number of hydrogen-bond acceptors (Lipinski definition) is 5. The first-order valence-electron chi connectivity index (χ1n) is 8.56. The molecule has 0 spiro atoms. The Morgan fingerprint density at radius 2 is 1.55 bits per heavy atom. The van der Waals surface area contributed by atoms with Gasteiger partial charge in [-0.1, -0.05) is 18.2 Å². The molecule has 1 aromatic heterocycles. The van der Waals surface area contributed by atoms with Gasteiger partial charge in [0.25, 0.3) is 0 Å². The van der Waals surface area contributed by atoms with Crippen molar-refractivity contribution in [2.75, 3.05) is 0 Å². The monoisotopic (exact) mass is 403 g/mol. The summed E-state index contributed by atoms with van der Waals surface area (Å²) in [6, 6.07) is 16.9. The molecule has 0 radical (unpaired) electrons. The maximum Gasteiger partial charge on any atom is 0.417 e. The van der Waals surface area contributed by atoms with E-state index in [1.807, 2.05) is 0 Å². The van der Waals surface area contributed by atoms with Crippen molar-refractivity contribution in [2.24, 2.45) is 0 Å². The van der Waals surface area contributed by atoms with Gasteiger partial charge in [0.15, 0.2) is 6.10 Å². The van der Waals surface area contributed by atoms with Crippen molar-refractivity contribution in [1.82, 2.24) is 4.98 Å². The van der Waals surface area contributed by atoms with E-state index in [2.05, 4.69) is 4.98 Å². The molecule has 8 heteroatoms. The van der Waals surface area contributed by atoms with E-state index in [9.17, 15) is 18.0 Å². The lowest BCUT2D eigenvalue weighted by Crippen LogP contribution is -2.28. The molecule has 0 saturated carbocycles. The van der Waals surface area contributed by atoms with Gasteiger partial charge in [-0.3, -0.25) is 0 Å². The number of alkyl halides is 3. The summed E-state index contributed by atoms with van der Waals surface area (Å²) in [6.07, 6.45) is -4.60. The van der Waals surface area contributed by atoms with Crippen LogP contribution in [0.1, 0.15) is 12.5 Å². The number of carbonyl (C=O) groups is 1. The van der Waals surface area contributed by atoms with E-state index in [-0.39, 0.29) is 5.88 Å². The highest BCUT2D eigenvalue weighted by molar-refractivity contribution is 5.77. The molecule has 0 saturated heterocycles. The first kappa shape index (κ1) is 20.2. The molecule has 29 heavy (non-hydrogen) atoms. The topological polar surface area (TPSA) is 57.7 Å². The zero-order chi connectivity index (χ0) is 20.9. The van der Waals surface area contributed by atoms with Crippen LogP contribution in [0.15, 0.2) is 72.9 Å². The smallest absolute Gasteiger partial charge is 0.417 e. The second kappa shape index (κ2) is 8.64. The van der Waals surface area contributed by atoms with E-state index in [1.165, 1.54) is 0 Å². The summed E-state index contributed by atoms with van der Waals surface area (Å²) in [6.45, 7) is 1.56. The number of carbonyl (C=O) groups excluding carboxylic acids is 1. The summed E-state index contributed by atoms with van der Waals surface area (Å²) in [7, 11) is 0. The summed E-state index contributed by atoms with van der Waals surface area (Å²) in [5.41, 5.74) is -0.857. The quantitative estimate of drug-likeness (QED) is 0.415. The molecular weight excluding hydrogens is 387 g/mol. The van der Waals surface area contributed by atoms with Gasteiger partial charge in [-0.15, -0.1) is 0 Å². The van der Waals surface area contributed by atoms with Crippen LogP contribution < -0.4 is 14.2 Å². The fourth-order valence-corrected chi connectivity index (χ4v) is 2.26. The van der Waals surface area contributed by atoms with Crippen LogP contribution in [0.2, 0.25) is 0 Å². The lowest BCUT2D eigenvalue weighted by Gasteiger charge is -2.14. The van der Waals surface area contributed by atoms with Crippen molar-refractivity contribution in [3.05, 3.63) is 78.5 Å². The number of hydrogen-bond donors (Lipinski definition) is 0. The van der Waals surface area contributed by atoms with E-state index < -0.39 is 23.8 Å². The van der Waals surface area contributed by atoms with E-state index in [1.54, 1.807) is 61.5 Å². The Bertz CT molecular complexity index is 942. The number of esters is 1. The predicted molar refractivity (Wildman–Crippen MR) is 97.9 cm³/mol. The number of rotatable bonds is 6. The van der Waals surface area contributed by atoms with E-state index >= 15 is 0 Å². The van der Waals surface area contributed by atoms with Crippen molar-refractivity contribution in [3.63, 3.8) is 0 Å². The van der Waals surface area contributed by atoms with Gasteiger partial charge in [0.05, 0.1) is 5.56 Å². The highest BCUT2D eigenvalue weighted by Crippen LogP contribution is 2.30. The van der Waals surface area contributed by atoms with Gasteiger partial charge in [-0.25, -0.2) is 9.78 Å². The van der Waals surface area contributed by atoms with Gasteiger partial charge in [0.1, 0.15) is 17.2 Å². The molecule has 3 rings (SSSR count). The average Bonchev–Trinajstić information content (AvgIpc) is 2.70. The minimum absolute atomic E-state index is 0.0199. The Kier molecular flexibility index (Phi) is 6.01. The van der Waals surface area contributed by atoms with E-state index in [0.717, 1.165) is 12.1 Å². The molecule has 0 N–H and O–H groups in total. The lowest BCUT2D eigenvalue weighted by molar-refractivity contribution is -0.141. The van der Waals surface area contributed by atoms with Crippen LogP contribution in [0.25, 0.3) is 0 Å². The maximum atomic E-state index is 12.5. The SMILES string of the molecule is CC(Oc1ccc(Oc2ccc(C(F)(F)F)cn2)cc1)C(=O)Oc1ccccc1. The van der Waals surface area contributed by atoms with Crippen molar-refractivity contribution in [2.45, 2.75) is 19.2 Å². The second-order valence-corrected chi connectivity index (χ2v) is 5.95. The molecule has 0 fully saturated rings. The van der Waals surface area contributed by atoms with Gasteiger partial charge in [0.2, 0.25) is 5.88 Å². The summed E-state index contributed by atoms with van der Waals surface area (Å²) in [4.78, 5) is 15.7. The minimum Gasteiger partial charge on any atom is -0.479 e. The molecule has 0 aliphatic heterocycles. The minimum atomic E-state index is -4.46. The Labute approximate surface area is 164 Å². The Balaban J connectivity index is 1.56. The molecule has 0 bridgehead atoms. The first-order valence-corrected chi connectivity index (χ1v) is 8.56. The standard InChI is InChI=1S/C21H16F3NO4/c1-14(20(26)29-16-5-3-2-4-6-16)27-17-8-10-18(11-9-17)28-19-12-7-15(13-25-19)21(22,23)24/h2-14H,1H3. The van der Waals surface area contributed by atoms with Crippen molar-refractivity contribution >= 4 is 5.97 Å². The third kappa shape index (κ3) is 5.71. The number of ether oxygens (including phenoxy) is 3. The lowest BCUT2D eigenvalue weighted by atomic mass is 10.3. The van der Waals surface area contributed by atoms with Crippen LogP contribution in [0.4, 0.5) is 13.2 Å². The van der Waals surface area contributed by atoms with Crippen LogP contribution in [-0.2, 0) is 11.0 Å². The molecule has 150 valence electrons. The fourth-order valence-electron chi connectivity index (χ4n) is 2.26. The zero-order valence-electron chi connectivity index (χ0n) is 15.2. The van der Waals surface area contributed by atoms with Crippen molar-refractivity contribution in [1.29, 1.82) is 0 Å². The fraction of sp³-hybridized carbons (Fsp3) is 0.143. The molecule has 1 atom stereocenters. The van der Waals surface area contributed by atoms with Crippen molar-refractivity contribution < 1.29 is 32.2 Å². The molecule has 1 heterocycles. The average molecular weight is 403 g/mol. The number of halogens is 3. The summed E-state index contributed by atoms with van der Waals surface area (Å²) in [5.74, 6) is 0.636. The third-order valence-corrected chi connectivity index (χ3v) is 3.72. The van der Waals surface area contributed by atoms with E-state index in [4.69, 9.17) is 14.2 Å². The normalized spacial score (nSPS) is 12.1. The summed E-state index contributed by atoms with van der Waals surface area (Å²) >= 11 is 0. The summed E-state index contributed by atoms with van der Waals surface area (Å²) in [5, 5.41) is 0. The van der Waals surface area contributed by atoms with Gasteiger partial charge in [-0.05, 0) is 49.4 Å². The zero-order valence-corrected chi connectivity index (χ0v) is 15.2. The third-order valence-electron chi connectivity index (χ3n) is 3.72. The number of benzene rings is 2.